The normalized spacial score (nSPS) is 9.86. The van der Waals surface area contributed by atoms with Crippen molar-refractivity contribution in [2.24, 2.45) is 0 Å². The lowest BCUT2D eigenvalue weighted by Gasteiger charge is -2.06. The highest BCUT2D eigenvalue weighted by Gasteiger charge is 2.06. The maximum absolute atomic E-state index is 11.0. The molecule has 0 rings (SSSR count). The van der Waals surface area contributed by atoms with Crippen molar-refractivity contribution in [2.75, 3.05) is 33.0 Å². The molecule has 2 N–H and O–H groups in total. The fourth-order valence-corrected chi connectivity index (χ4v) is 0.699. The van der Waals surface area contributed by atoms with Crippen LogP contribution in [0.15, 0.2) is 12.2 Å². The molecule has 0 amide bonds. The van der Waals surface area contributed by atoms with Crippen molar-refractivity contribution in [3.8, 4) is 0 Å². The predicted molar refractivity (Wildman–Crippen MR) is 49.7 cm³/mol. The summed E-state index contributed by atoms with van der Waals surface area (Å²) < 4.78 is 9.61. The average Bonchev–Trinajstić information content (AvgIpc) is 2.17. The topological polar surface area (TPSA) is 76.0 Å². The van der Waals surface area contributed by atoms with Gasteiger partial charge in [0.15, 0.2) is 0 Å². The van der Waals surface area contributed by atoms with E-state index in [1.165, 1.54) is 0 Å². The van der Waals surface area contributed by atoms with Crippen molar-refractivity contribution < 1.29 is 24.5 Å². The number of rotatable bonds is 8. The van der Waals surface area contributed by atoms with Crippen LogP contribution in [-0.2, 0) is 14.3 Å². The molecule has 5 nitrogen and oxygen atoms in total. The molecule has 0 aliphatic carbocycles. The van der Waals surface area contributed by atoms with Gasteiger partial charge in [-0.3, -0.25) is 0 Å². The second kappa shape index (κ2) is 8.68. The Hall–Kier alpha value is -0.910. The highest BCUT2D eigenvalue weighted by molar-refractivity contribution is 5.87. The minimum absolute atomic E-state index is 0.0504. The quantitative estimate of drug-likeness (QED) is 0.316. The number of carbonyl (C=O) groups excluding carboxylic acids is 1. The van der Waals surface area contributed by atoms with Crippen LogP contribution in [0.1, 0.15) is 6.42 Å². The highest BCUT2D eigenvalue weighted by Crippen LogP contribution is 1.99. The molecule has 0 saturated heterocycles. The summed E-state index contributed by atoms with van der Waals surface area (Å²) in [5, 5.41) is 16.9. The number of esters is 1. The predicted octanol–water partition coefficient (Wildman–Crippen LogP) is -0.523. The van der Waals surface area contributed by atoms with E-state index < -0.39 is 5.97 Å². The lowest BCUT2D eigenvalue weighted by Crippen LogP contribution is -2.13. The first kappa shape index (κ1) is 13.1. The number of aliphatic hydroxyl groups is 2. The zero-order valence-electron chi connectivity index (χ0n) is 8.07. The molecule has 0 aliphatic rings. The van der Waals surface area contributed by atoms with Gasteiger partial charge in [-0.15, -0.1) is 0 Å². The van der Waals surface area contributed by atoms with Crippen molar-refractivity contribution in [3.63, 3.8) is 0 Å². The first-order chi connectivity index (χ1) is 6.72. The van der Waals surface area contributed by atoms with Crippen molar-refractivity contribution in [1.29, 1.82) is 0 Å². The third-order valence-corrected chi connectivity index (χ3v) is 1.40. The Morgan fingerprint density at radius 1 is 1.14 bits per heavy atom. The van der Waals surface area contributed by atoms with Gasteiger partial charge < -0.3 is 19.7 Å². The van der Waals surface area contributed by atoms with E-state index in [9.17, 15) is 4.79 Å². The van der Waals surface area contributed by atoms with E-state index in [0.29, 0.717) is 0 Å². The van der Waals surface area contributed by atoms with E-state index in [1.54, 1.807) is 0 Å². The number of hydrogen-bond acceptors (Lipinski definition) is 5. The van der Waals surface area contributed by atoms with Gasteiger partial charge >= 0.3 is 5.97 Å². The molecule has 0 bridgehead atoms. The summed E-state index contributed by atoms with van der Waals surface area (Å²) in [5.74, 6) is -0.522. The Labute approximate surface area is 82.9 Å². The molecule has 0 atom stereocenters. The molecule has 82 valence electrons. The zero-order valence-corrected chi connectivity index (χ0v) is 8.07. The van der Waals surface area contributed by atoms with Gasteiger partial charge in [0.2, 0.25) is 0 Å². The second-order valence-electron chi connectivity index (χ2n) is 2.55. The first-order valence-corrected chi connectivity index (χ1v) is 4.36. The number of aliphatic hydroxyl groups excluding tert-OH is 2. The van der Waals surface area contributed by atoms with Crippen molar-refractivity contribution in [2.45, 2.75) is 6.42 Å². The monoisotopic (exact) mass is 204 g/mol. The van der Waals surface area contributed by atoms with Crippen LogP contribution in [0.2, 0.25) is 0 Å². The molecule has 0 fully saturated rings. The van der Waals surface area contributed by atoms with Crippen LogP contribution in [0.3, 0.4) is 0 Å². The lowest BCUT2D eigenvalue weighted by molar-refractivity contribution is -0.140. The van der Waals surface area contributed by atoms with Crippen LogP contribution >= 0.6 is 0 Å². The van der Waals surface area contributed by atoms with Crippen LogP contribution in [0.25, 0.3) is 0 Å². The molecule has 0 aromatic rings. The zero-order chi connectivity index (χ0) is 10.8. The van der Waals surface area contributed by atoms with Gasteiger partial charge in [0.05, 0.1) is 19.8 Å². The summed E-state index contributed by atoms with van der Waals surface area (Å²) in [7, 11) is 0. The molecule has 0 unspecified atom stereocenters. The van der Waals surface area contributed by atoms with Crippen LogP contribution in [0.4, 0.5) is 0 Å². The van der Waals surface area contributed by atoms with E-state index in [0.717, 1.165) is 0 Å². The molecule has 0 spiro atoms. The minimum Gasteiger partial charge on any atom is -0.460 e. The molecule has 0 radical (unpaired) electrons. The van der Waals surface area contributed by atoms with Gasteiger partial charge in [-0.1, -0.05) is 6.58 Å². The van der Waals surface area contributed by atoms with Crippen LogP contribution in [0.5, 0.6) is 0 Å². The van der Waals surface area contributed by atoms with Gasteiger partial charge in [-0.05, 0) is 0 Å². The van der Waals surface area contributed by atoms with Crippen molar-refractivity contribution >= 4 is 5.97 Å². The van der Waals surface area contributed by atoms with Gasteiger partial charge in [-0.25, -0.2) is 4.79 Å². The summed E-state index contributed by atoms with van der Waals surface area (Å²) in [4.78, 5) is 11.0. The average molecular weight is 204 g/mol. The largest absolute Gasteiger partial charge is 0.460 e. The standard InChI is InChI=1S/C9H16O5/c1-8(2-3-10)9(12)14-7-6-13-5-4-11/h10-11H,1-7H2. The van der Waals surface area contributed by atoms with E-state index in [1.807, 2.05) is 0 Å². The van der Waals surface area contributed by atoms with Gasteiger partial charge in [0.25, 0.3) is 0 Å². The number of carbonyl (C=O) groups is 1. The molecule has 0 aromatic carbocycles. The van der Waals surface area contributed by atoms with Crippen LogP contribution < -0.4 is 0 Å². The SMILES string of the molecule is C=C(CCO)C(=O)OCCOCCO. The van der Waals surface area contributed by atoms with Gasteiger partial charge in [0, 0.05) is 18.6 Å². The van der Waals surface area contributed by atoms with E-state index in [-0.39, 0.29) is 45.0 Å². The molecule has 14 heavy (non-hydrogen) atoms. The van der Waals surface area contributed by atoms with Gasteiger partial charge in [-0.2, -0.15) is 0 Å². The third-order valence-electron chi connectivity index (χ3n) is 1.40. The molecule has 0 aromatic heterocycles. The summed E-state index contributed by atoms with van der Waals surface area (Å²) in [5.41, 5.74) is 0.245. The number of ether oxygens (including phenoxy) is 2. The van der Waals surface area contributed by atoms with Crippen molar-refractivity contribution in [1.82, 2.24) is 0 Å². The Kier molecular flexibility index (Phi) is 8.11. The minimum atomic E-state index is -0.522. The summed E-state index contributed by atoms with van der Waals surface area (Å²) in [6.45, 7) is 3.89. The molecule has 0 heterocycles. The Morgan fingerprint density at radius 2 is 1.86 bits per heavy atom. The molecular formula is C9H16O5. The highest BCUT2D eigenvalue weighted by atomic mass is 16.6. The molecule has 5 heteroatoms. The fourth-order valence-electron chi connectivity index (χ4n) is 0.699. The maximum Gasteiger partial charge on any atom is 0.333 e. The third kappa shape index (κ3) is 6.59. The lowest BCUT2D eigenvalue weighted by atomic mass is 10.2. The summed E-state index contributed by atoms with van der Waals surface area (Å²) >= 11 is 0. The van der Waals surface area contributed by atoms with E-state index in [2.05, 4.69) is 6.58 Å². The van der Waals surface area contributed by atoms with Crippen LogP contribution in [0, 0.1) is 0 Å². The molecule has 0 saturated carbocycles. The Balaban J connectivity index is 3.39. The van der Waals surface area contributed by atoms with E-state index in [4.69, 9.17) is 19.7 Å². The Bertz CT molecular complexity index is 178. The van der Waals surface area contributed by atoms with E-state index >= 15 is 0 Å². The van der Waals surface area contributed by atoms with Crippen LogP contribution in [-0.4, -0.2) is 49.2 Å². The van der Waals surface area contributed by atoms with Crippen molar-refractivity contribution in [3.05, 3.63) is 12.2 Å². The van der Waals surface area contributed by atoms with Gasteiger partial charge in [0.1, 0.15) is 6.61 Å². The summed E-state index contributed by atoms with van der Waals surface area (Å²) in [6.07, 6.45) is 0.219. The smallest absolute Gasteiger partial charge is 0.333 e. The summed E-state index contributed by atoms with van der Waals surface area (Å²) in [6, 6.07) is 0. The Morgan fingerprint density at radius 3 is 2.43 bits per heavy atom. The number of hydrogen-bond donors (Lipinski definition) is 2. The fraction of sp³-hybridized carbons (Fsp3) is 0.667. The molecule has 0 aliphatic heterocycles. The first-order valence-electron chi connectivity index (χ1n) is 4.36. The second-order valence-corrected chi connectivity index (χ2v) is 2.55. The maximum atomic E-state index is 11.0. The molecular weight excluding hydrogens is 188 g/mol.